The van der Waals surface area contributed by atoms with Gasteiger partial charge in [0.2, 0.25) is 0 Å². The van der Waals surface area contributed by atoms with Crippen molar-refractivity contribution in [3.63, 3.8) is 0 Å². The summed E-state index contributed by atoms with van der Waals surface area (Å²) in [6, 6.07) is 3.90. The molecule has 5 nitrogen and oxygen atoms in total. The predicted octanol–water partition coefficient (Wildman–Crippen LogP) is 4.77. The Morgan fingerprint density at radius 1 is 0.679 bits per heavy atom. The first-order valence-corrected chi connectivity index (χ1v) is 11.3. The summed E-state index contributed by atoms with van der Waals surface area (Å²) in [4.78, 5) is 29.3. The molecule has 3 rings (SSSR count). The Hall–Kier alpha value is -1.91. The molecule has 2 saturated carbocycles. The zero-order valence-electron chi connectivity index (χ0n) is 17.0. The molecule has 0 spiro atoms. The molecule has 0 atom stereocenters. The Labute approximate surface area is 169 Å². The van der Waals surface area contributed by atoms with E-state index in [1.807, 2.05) is 0 Å². The van der Waals surface area contributed by atoms with Gasteiger partial charge in [0.15, 0.2) is 0 Å². The highest BCUT2D eigenvalue weighted by Crippen LogP contribution is 2.18. The second kappa shape index (κ2) is 11.2. The van der Waals surface area contributed by atoms with Crippen LogP contribution in [-0.2, 0) is 0 Å². The molecule has 2 fully saturated rings. The third-order valence-electron chi connectivity index (χ3n) is 6.14. The minimum Gasteiger partial charge on any atom is -0.349 e. The third kappa shape index (κ3) is 6.61. The summed E-state index contributed by atoms with van der Waals surface area (Å²) in [5, 5.41) is 6.28. The molecule has 1 aromatic heterocycles. The zero-order chi connectivity index (χ0) is 19.6. The minimum absolute atomic E-state index is 0.0787. The summed E-state index contributed by atoms with van der Waals surface area (Å²) in [6.45, 7) is 0. The maximum Gasteiger partial charge on any atom is 0.270 e. The van der Waals surface area contributed by atoms with Crippen LogP contribution in [-0.4, -0.2) is 28.9 Å². The Morgan fingerprint density at radius 2 is 1.14 bits per heavy atom. The van der Waals surface area contributed by atoms with Crippen LogP contribution in [0.2, 0.25) is 0 Å². The lowest BCUT2D eigenvalue weighted by Crippen LogP contribution is -2.36. The number of amides is 2. The van der Waals surface area contributed by atoms with Crippen molar-refractivity contribution in [1.82, 2.24) is 15.6 Å². The van der Waals surface area contributed by atoms with E-state index in [1.54, 1.807) is 12.1 Å². The van der Waals surface area contributed by atoms with Gasteiger partial charge < -0.3 is 10.6 Å². The van der Waals surface area contributed by atoms with E-state index in [0.717, 1.165) is 25.7 Å². The summed E-state index contributed by atoms with van der Waals surface area (Å²) in [6.07, 6.45) is 18.1. The van der Waals surface area contributed by atoms with Crippen LogP contribution in [0.1, 0.15) is 111 Å². The van der Waals surface area contributed by atoms with Crippen molar-refractivity contribution in [3.8, 4) is 0 Å². The molecule has 2 aliphatic carbocycles. The Morgan fingerprint density at radius 3 is 1.61 bits per heavy atom. The largest absolute Gasteiger partial charge is 0.349 e. The fraction of sp³-hybridized carbons (Fsp3) is 0.696. The zero-order valence-corrected chi connectivity index (χ0v) is 17.0. The van der Waals surface area contributed by atoms with Gasteiger partial charge in [-0.1, -0.05) is 64.2 Å². The van der Waals surface area contributed by atoms with Crippen LogP contribution in [0.25, 0.3) is 0 Å². The number of carbonyl (C=O) groups is 2. The van der Waals surface area contributed by atoms with Gasteiger partial charge in [-0.2, -0.15) is 0 Å². The quantitative estimate of drug-likeness (QED) is 0.784. The molecule has 5 heteroatoms. The van der Waals surface area contributed by atoms with E-state index in [-0.39, 0.29) is 23.9 Å². The lowest BCUT2D eigenvalue weighted by Gasteiger charge is -2.21. The maximum absolute atomic E-state index is 12.5. The third-order valence-corrected chi connectivity index (χ3v) is 6.14. The molecule has 0 aliphatic heterocycles. The topological polar surface area (TPSA) is 71.1 Å². The van der Waals surface area contributed by atoms with Gasteiger partial charge in [-0.25, -0.2) is 0 Å². The highest BCUT2D eigenvalue weighted by molar-refractivity contribution is 5.96. The molecule has 1 aromatic rings. The van der Waals surface area contributed by atoms with Crippen LogP contribution in [0.3, 0.4) is 0 Å². The molecule has 2 N–H and O–H groups in total. The van der Waals surface area contributed by atoms with Crippen LogP contribution >= 0.6 is 0 Å². The van der Waals surface area contributed by atoms with E-state index in [9.17, 15) is 9.59 Å². The van der Waals surface area contributed by atoms with Crippen LogP contribution in [0.15, 0.2) is 18.3 Å². The molecule has 0 bridgehead atoms. The molecule has 1 heterocycles. The highest BCUT2D eigenvalue weighted by Gasteiger charge is 2.18. The van der Waals surface area contributed by atoms with Crippen molar-refractivity contribution < 1.29 is 9.59 Å². The summed E-state index contributed by atoms with van der Waals surface area (Å²) >= 11 is 0. The van der Waals surface area contributed by atoms with Gasteiger partial charge in [0.1, 0.15) is 5.69 Å². The molecule has 0 unspecified atom stereocenters. The first kappa shape index (κ1) is 20.8. The first-order valence-electron chi connectivity index (χ1n) is 11.3. The van der Waals surface area contributed by atoms with Crippen LogP contribution in [0.5, 0.6) is 0 Å². The number of hydrogen-bond acceptors (Lipinski definition) is 3. The van der Waals surface area contributed by atoms with E-state index in [4.69, 9.17) is 0 Å². The van der Waals surface area contributed by atoms with Crippen molar-refractivity contribution in [2.45, 2.75) is 102 Å². The summed E-state index contributed by atoms with van der Waals surface area (Å²) in [5.74, 6) is -0.206. The second-order valence-electron chi connectivity index (χ2n) is 8.46. The predicted molar refractivity (Wildman–Crippen MR) is 111 cm³/mol. The van der Waals surface area contributed by atoms with Crippen molar-refractivity contribution in [3.05, 3.63) is 29.6 Å². The molecular weight excluding hydrogens is 350 g/mol. The number of pyridine rings is 1. The fourth-order valence-corrected chi connectivity index (χ4v) is 4.39. The lowest BCUT2D eigenvalue weighted by molar-refractivity contribution is 0.0914. The number of aromatic nitrogens is 1. The van der Waals surface area contributed by atoms with Crippen molar-refractivity contribution in [1.29, 1.82) is 0 Å². The molecule has 0 saturated heterocycles. The minimum atomic E-state index is -0.127. The van der Waals surface area contributed by atoms with Gasteiger partial charge in [0.05, 0.1) is 5.56 Å². The van der Waals surface area contributed by atoms with Crippen molar-refractivity contribution in [2.24, 2.45) is 0 Å². The van der Waals surface area contributed by atoms with E-state index in [2.05, 4.69) is 15.6 Å². The average molecular weight is 386 g/mol. The van der Waals surface area contributed by atoms with Gasteiger partial charge in [-0.15, -0.1) is 0 Å². The van der Waals surface area contributed by atoms with E-state index >= 15 is 0 Å². The number of rotatable bonds is 4. The standard InChI is InChI=1S/C23H35N3O2/c27-22(25-19-11-7-3-1-4-8-12-19)18-15-16-21(24-17-18)23(28)26-20-13-9-5-2-6-10-14-20/h15-17,19-20H,1-14H2,(H,25,27)(H,26,28). The number of nitrogens with one attached hydrogen (secondary N) is 2. The van der Waals surface area contributed by atoms with Crippen LogP contribution in [0, 0.1) is 0 Å². The molecule has 2 amide bonds. The Kier molecular flexibility index (Phi) is 8.31. The van der Waals surface area contributed by atoms with E-state index in [0.29, 0.717) is 11.3 Å². The van der Waals surface area contributed by atoms with Crippen molar-refractivity contribution >= 4 is 11.8 Å². The monoisotopic (exact) mass is 385 g/mol. The van der Waals surface area contributed by atoms with Crippen LogP contribution in [0.4, 0.5) is 0 Å². The second-order valence-corrected chi connectivity index (χ2v) is 8.46. The highest BCUT2D eigenvalue weighted by atomic mass is 16.2. The van der Waals surface area contributed by atoms with Gasteiger partial charge in [0.25, 0.3) is 11.8 Å². The Bertz CT molecular complexity index is 558. The smallest absolute Gasteiger partial charge is 0.270 e. The maximum atomic E-state index is 12.5. The van der Waals surface area contributed by atoms with Gasteiger partial charge in [-0.3, -0.25) is 14.6 Å². The molecule has 2 aliphatic rings. The summed E-state index contributed by atoms with van der Waals surface area (Å²) < 4.78 is 0. The van der Waals surface area contributed by atoms with Gasteiger partial charge in [-0.05, 0) is 37.8 Å². The number of carbonyl (C=O) groups excluding carboxylic acids is 2. The lowest BCUT2D eigenvalue weighted by atomic mass is 9.96. The summed E-state index contributed by atoms with van der Waals surface area (Å²) in [7, 11) is 0. The first-order chi connectivity index (χ1) is 13.7. The SMILES string of the molecule is O=C(NC1CCCCCCC1)c1ccc(C(=O)NC2CCCCCCC2)nc1. The molecular formula is C23H35N3O2. The molecule has 28 heavy (non-hydrogen) atoms. The van der Waals surface area contributed by atoms with Crippen molar-refractivity contribution in [2.75, 3.05) is 0 Å². The fourth-order valence-electron chi connectivity index (χ4n) is 4.39. The molecule has 154 valence electrons. The van der Waals surface area contributed by atoms with Gasteiger partial charge in [0, 0.05) is 18.3 Å². The Balaban J connectivity index is 1.51. The van der Waals surface area contributed by atoms with Gasteiger partial charge >= 0.3 is 0 Å². The van der Waals surface area contributed by atoms with E-state index < -0.39 is 0 Å². The average Bonchev–Trinajstić information content (AvgIpc) is 2.66. The summed E-state index contributed by atoms with van der Waals surface area (Å²) in [5.41, 5.74) is 0.925. The van der Waals surface area contributed by atoms with Crippen LogP contribution < -0.4 is 10.6 Å². The number of hydrogen-bond donors (Lipinski definition) is 2. The normalized spacial score (nSPS) is 20.3. The number of nitrogens with zero attached hydrogens (tertiary/aromatic N) is 1. The molecule has 0 radical (unpaired) electrons. The molecule has 0 aromatic carbocycles. The van der Waals surface area contributed by atoms with E-state index in [1.165, 1.54) is 70.4 Å².